The predicted molar refractivity (Wildman–Crippen MR) is 200 cm³/mol. The zero-order valence-electron chi connectivity index (χ0n) is 30.7. The third kappa shape index (κ3) is 9.80. The highest BCUT2D eigenvalue weighted by Crippen LogP contribution is 2.40. The van der Waals surface area contributed by atoms with Crippen LogP contribution in [-0.4, -0.2) is 74.3 Å². The number of halogens is 3. The van der Waals surface area contributed by atoms with E-state index < -0.39 is 17.8 Å². The maximum absolute atomic E-state index is 14.4. The summed E-state index contributed by atoms with van der Waals surface area (Å²) in [7, 11) is 3.07. The molecule has 53 heavy (non-hydrogen) atoms. The van der Waals surface area contributed by atoms with Gasteiger partial charge in [0.15, 0.2) is 11.5 Å². The Morgan fingerprint density at radius 1 is 0.906 bits per heavy atom. The fourth-order valence-electron chi connectivity index (χ4n) is 6.54. The second-order valence-electron chi connectivity index (χ2n) is 13.0. The van der Waals surface area contributed by atoms with Crippen LogP contribution in [0.1, 0.15) is 52.0 Å². The van der Waals surface area contributed by atoms with Crippen LogP contribution >= 0.6 is 0 Å². The Morgan fingerprint density at radius 3 is 2.21 bits per heavy atom. The van der Waals surface area contributed by atoms with E-state index in [-0.39, 0.29) is 29.4 Å². The van der Waals surface area contributed by atoms with Gasteiger partial charge in [0.05, 0.1) is 31.3 Å². The number of hydrogen-bond donors (Lipinski definition) is 3. The topological polar surface area (TPSA) is 117 Å². The van der Waals surface area contributed by atoms with Crippen LogP contribution in [0.25, 0.3) is 10.9 Å². The lowest BCUT2D eigenvalue weighted by Gasteiger charge is -2.36. The van der Waals surface area contributed by atoms with E-state index >= 15 is 0 Å². The summed E-state index contributed by atoms with van der Waals surface area (Å²) in [6.07, 6.45) is -0.146. The number of hydrogen-bond acceptors (Lipinski definition) is 8. The highest BCUT2D eigenvalue weighted by Gasteiger charge is 2.36. The quantitative estimate of drug-likeness (QED) is 0.118. The zero-order valence-corrected chi connectivity index (χ0v) is 30.7. The number of ether oxygens (including phenoxy) is 3. The summed E-state index contributed by atoms with van der Waals surface area (Å²) in [6.45, 7) is 8.40. The molecule has 0 aliphatic carbocycles. The molecule has 11 nitrogen and oxygen atoms in total. The van der Waals surface area contributed by atoms with E-state index in [0.29, 0.717) is 65.5 Å². The minimum Gasteiger partial charge on any atom is -0.493 e. The average molecular weight is 737 g/mol. The summed E-state index contributed by atoms with van der Waals surface area (Å²) in [5.74, 6) is 1.86. The number of piperidine rings is 1. The largest absolute Gasteiger partial charge is 0.493 e. The number of alkyl halides is 3. The van der Waals surface area contributed by atoms with Crippen molar-refractivity contribution in [3.05, 3.63) is 72.4 Å². The van der Waals surface area contributed by atoms with Gasteiger partial charge in [0, 0.05) is 59.9 Å². The summed E-state index contributed by atoms with van der Waals surface area (Å²) in [4.78, 5) is 34.2. The number of fused-ring (bicyclic) bond motifs is 1. The number of methoxy groups -OCH3 is 2. The van der Waals surface area contributed by atoms with Crippen LogP contribution in [0.2, 0.25) is 0 Å². The Bertz CT molecular complexity index is 1880. The maximum Gasteiger partial charge on any atom is 0.418 e. The summed E-state index contributed by atoms with van der Waals surface area (Å²) in [5.41, 5.74) is 0.146. The van der Waals surface area contributed by atoms with E-state index in [1.165, 1.54) is 26.4 Å². The van der Waals surface area contributed by atoms with E-state index in [9.17, 15) is 22.8 Å². The van der Waals surface area contributed by atoms with Gasteiger partial charge in [0.2, 0.25) is 5.91 Å². The molecule has 1 saturated heterocycles. The Hall–Kier alpha value is -5.24. The van der Waals surface area contributed by atoms with E-state index in [4.69, 9.17) is 14.2 Å². The van der Waals surface area contributed by atoms with Gasteiger partial charge in [-0.3, -0.25) is 14.7 Å². The molecule has 0 saturated carbocycles. The van der Waals surface area contributed by atoms with Crippen LogP contribution in [0.3, 0.4) is 0 Å². The van der Waals surface area contributed by atoms with Crippen LogP contribution < -0.4 is 35.1 Å². The molecule has 1 unspecified atom stereocenters. The minimum atomic E-state index is -4.66. The van der Waals surface area contributed by atoms with Crippen molar-refractivity contribution in [2.45, 2.75) is 64.7 Å². The Kier molecular flexibility index (Phi) is 12.9. The molecule has 1 aliphatic rings. The monoisotopic (exact) mass is 736 g/mol. The van der Waals surface area contributed by atoms with Gasteiger partial charge < -0.3 is 35.1 Å². The van der Waals surface area contributed by atoms with Crippen LogP contribution in [0.15, 0.2) is 66.9 Å². The lowest BCUT2D eigenvalue weighted by molar-refractivity contribution is -0.137. The molecule has 0 radical (unpaired) electrons. The van der Waals surface area contributed by atoms with Crippen molar-refractivity contribution >= 4 is 39.9 Å². The van der Waals surface area contributed by atoms with Gasteiger partial charge in [-0.15, -0.1) is 0 Å². The highest BCUT2D eigenvalue weighted by atomic mass is 19.4. The molecule has 2 heterocycles. The maximum atomic E-state index is 14.4. The molecule has 3 aromatic carbocycles. The first kappa shape index (κ1) is 39.0. The normalized spacial score (nSPS) is 14.2. The number of carbonyl (C=O) groups is 2. The van der Waals surface area contributed by atoms with Crippen molar-refractivity contribution in [1.29, 1.82) is 0 Å². The second kappa shape index (κ2) is 17.5. The summed E-state index contributed by atoms with van der Waals surface area (Å²) < 4.78 is 60.0. The number of benzene rings is 3. The third-order valence-corrected chi connectivity index (χ3v) is 9.22. The fraction of sp³-hybridized carbons (Fsp3) is 0.410. The van der Waals surface area contributed by atoms with Gasteiger partial charge in [-0.2, -0.15) is 13.2 Å². The van der Waals surface area contributed by atoms with Crippen LogP contribution in [0.4, 0.5) is 35.0 Å². The first-order valence-corrected chi connectivity index (χ1v) is 17.8. The van der Waals surface area contributed by atoms with Gasteiger partial charge in [-0.25, -0.2) is 4.79 Å². The lowest BCUT2D eigenvalue weighted by atomic mass is 10.0. The molecular weight excluding hydrogens is 689 g/mol. The number of nitrogens with one attached hydrogen (secondary N) is 3. The third-order valence-electron chi connectivity index (χ3n) is 9.22. The molecule has 0 spiro atoms. The molecular formula is C39H47F3N6O5. The number of anilines is 3. The number of carbonyl (C=O) groups excluding carboxylic acids is 2. The number of pyridine rings is 1. The number of nitrogens with zero attached hydrogens (tertiary/aromatic N) is 3. The van der Waals surface area contributed by atoms with Crippen molar-refractivity contribution in [2.75, 3.05) is 55.9 Å². The van der Waals surface area contributed by atoms with Gasteiger partial charge in [-0.05, 0) is 88.2 Å². The SMILES string of the molecule is CCCN(CCC)C(C)C(=O)NC1CCN(c2ccc(NC(=O)Nc3cccc(Oc4ccnc5cc(OC)c(OC)cc45)c3)cc2C(F)(F)F)CC1. The van der Waals surface area contributed by atoms with E-state index in [2.05, 4.69) is 39.7 Å². The summed E-state index contributed by atoms with van der Waals surface area (Å²) >= 11 is 0. The Labute approximate surface area is 307 Å². The van der Waals surface area contributed by atoms with Gasteiger partial charge in [0.25, 0.3) is 0 Å². The molecule has 1 atom stereocenters. The van der Waals surface area contributed by atoms with E-state index in [1.807, 2.05) is 6.92 Å². The van der Waals surface area contributed by atoms with Gasteiger partial charge in [-0.1, -0.05) is 19.9 Å². The van der Waals surface area contributed by atoms with Crippen molar-refractivity contribution in [3.8, 4) is 23.0 Å². The standard InChI is InChI=1S/C39H47F3N6O5/c1-6-17-47(18-7-2)25(3)37(49)44-26-14-19-48(20-15-26)33-12-11-28(22-31(33)39(40,41)42)46-38(50)45-27-9-8-10-29(21-27)53-34-13-16-43-32-24-36(52-5)35(51-4)23-30(32)34/h8-13,16,21-26H,6-7,14-15,17-20H2,1-5H3,(H,44,49)(H2,45,46,50). The molecule has 284 valence electrons. The second-order valence-corrected chi connectivity index (χ2v) is 13.0. The van der Waals surface area contributed by atoms with Crippen molar-refractivity contribution < 1.29 is 37.0 Å². The van der Waals surface area contributed by atoms with Gasteiger partial charge >= 0.3 is 12.2 Å². The first-order valence-electron chi connectivity index (χ1n) is 17.8. The summed E-state index contributed by atoms with van der Waals surface area (Å²) in [5, 5.41) is 8.97. The molecule has 3 N–H and O–H groups in total. The number of rotatable bonds is 14. The first-order chi connectivity index (χ1) is 25.4. The molecule has 1 aliphatic heterocycles. The van der Waals surface area contributed by atoms with Crippen molar-refractivity contribution in [1.82, 2.24) is 15.2 Å². The van der Waals surface area contributed by atoms with Crippen molar-refractivity contribution in [3.63, 3.8) is 0 Å². The number of urea groups is 1. The summed E-state index contributed by atoms with van der Waals surface area (Å²) in [6, 6.07) is 14.4. The Morgan fingerprint density at radius 2 is 1.57 bits per heavy atom. The van der Waals surface area contributed by atoms with E-state index in [0.717, 1.165) is 32.0 Å². The smallest absolute Gasteiger partial charge is 0.418 e. The fourth-order valence-corrected chi connectivity index (χ4v) is 6.54. The van der Waals surface area contributed by atoms with Crippen LogP contribution in [0, 0.1) is 0 Å². The average Bonchev–Trinajstić information content (AvgIpc) is 3.14. The lowest BCUT2D eigenvalue weighted by Crippen LogP contribution is -2.51. The highest BCUT2D eigenvalue weighted by molar-refractivity contribution is 6.00. The predicted octanol–water partition coefficient (Wildman–Crippen LogP) is 8.30. The zero-order chi connectivity index (χ0) is 38.1. The molecule has 14 heteroatoms. The van der Waals surface area contributed by atoms with E-state index in [1.54, 1.807) is 53.6 Å². The molecule has 4 aromatic rings. The number of amides is 3. The molecule has 0 bridgehead atoms. The van der Waals surface area contributed by atoms with Crippen LogP contribution in [0.5, 0.6) is 23.0 Å². The van der Waals surface area contributed by atoms with Gasteiger partial charge in [0.1, 0.15) is 11.5 Å². The molecule has 1 fully saturated rings. The molecule has 1 aromatic heterocycles. The van der Waals surface area contributed by atoms with Crippen molar-refractivity contribution in [2.24, 2.45) is 0 Å². The number of aromatic nitrogens is 1. The van der Waals surface area contributed by atoms with Crippen LogP contribution in [-0.2, 0) is 11.0 Å². The minimum absolute atomic E-state index is 0.0153. The molecule has 5 rings (SSSR count). The Balaban J connectivity index is 1.22. The molecule has 3 amide bonds.